The molecule has 1 saturated heterocycles. The molecule has 14 heavy (non-hydrogen) atoms. The second-order valence-corrected chi connectivity index (χ2v) is 3.79. The summed E-state index contributed by atoms with van der Waals surface area (Å²) < 4.78 is 10.7. The van der Waals surface area contributed by atoms with E-state index in [-0.39, 0.29) is 0 Å². The second kappa shape index (κ2) is 4.62. The molecule has 3 nitrogen and oxygen atoms in total. The molecular weight excluding hydrogens is 178 g/mol. The Balaban J connectivity index is 1.84. The van der Waals surface area contributed by atoms with Gasteiger partial charge in [0.15, 0.2) is 0 Å². The third-order valence-corrected chi connectivity index (χ3v) is 2.68. The minimum Gasteiger partial charge on any atom is -0.468 e. The fraction of sp³-hybridized carbons (Fsp3) is 0.636. The summed E-state index contributed by atoms with van der Waals surface area (Å²) in [6, 6.07) is 4.81. The highest BCUT2D eigenvalue weighted by Crippen LogP contribution is 2.16. The third kappa shape index (κ3) is 2.36. The van der Waals surface area contributed by atoms with Gasteiger partial charge in [-0.3, -0.25) is 0 Å². The highest BCUT2D eigenvalue weighted by atomic mass is 16.5. The van der Waals surface area contributed by atoms with Crippen molar-refractivity contribution in [2.75, 3.05) is 13.2 Å². The summed E-state index contributed by atoms with van der Waals surface area (Å²) in [4.78, 5) is 0. The zero-order valence-electron chi connectivity index (χ0n) is 8.53. The molecule has 2 heterocycles. The maximum absolute atomic E-state index is 5.34. The van der Waals surface area contributed by atoms with Crippen LogP contribution in [0.4, 0.5) is 0 Å². The molecule has 0 aliphatic carbocycles. The molecule has 1 N–H and O–H groups in total. The van der Waals surface area contributed by atoms with Gasteiger partial charge in [0.2, 0.25) is 0 Å². The van der Waals surface area contributed by atoms with Crippen LogP contribution in [0.2, 0.25) is 0 Å². The molecule has 1 fully saturated rings. The van der Waals surface area contributed by atoms with Crippen molar-refractivity contribution >= 4 is 0 Å². The van der Waals surface area contributed by atoms with Gasteiger partial charge in [0, 0.05) is 19.3 Å². The summed E-state index contributed by atoms with van der Waals surface area (Å²) in [6.45, 7) is 3.89. The first-order valence-corrected chi connectivity index (χ1v) is 5.23. The average Bonchev–Trinajstić information content (AvgIpc) is 2.72. The van der Waals surface area contributed by atoms with Crippen molar-refractivity contribution in [2.24, 2.45) is 0 Å². The fourth-order valence-corrected chi connectivity index (χ4v) is 1.84. The Hall–Kier alpha value is -0.800. The monoisotopic (exact) mass is 195 g/mol. The average molecular weight is 195 g/mol. The van der Waals surface area contributed by atoms with Crippen LogP contribution in [0.25, 0.3) is 0 Å². The summed E-state index contributed by atoms with van der Waals surface area (Å²) in [5.41, 5.74) is 0. The van der Waals surface area contributed by atoms with E-state index in [4.69, 9.17) is 9.15 Å². The zero-order chi connectivity index (χ0) is 9.80. The fourth-order valence-electron chi connectivity index (χ4n) is 1.84. The quantitative estimate of drug-likeness (QED) is 0.802. The Kier molecular flexibility index (Phi) is 3.22. The lowest BCUT2D eigenvalue weighted by atomic mass is 10.1. The predicted octanol–water partition coefficient (Wildman–Crippen LogP) is 2.11. The van der Waals surface area contributed by atoms with Crippen LogP contribution in [0.1, 0.15) is 31.6 Å². The number of rotatable bonds is 3. The summed E-state index contributed by atoms with van der Waals surface area (Å²) in [7, 11) is 0. The second-order valence-electron chi connectivity index (χ2n) is 3.79. The molecule has 0 bridgehead atoms. The van der Waals surface area contributed by atoms with Gasteiger partial charge >= 0.3 is 0 Å². The van der Waals surface area contributed by atoms with Gasteiger partial charge in [-0.15, -0.1) is 0 Å². The van der Waals surface area contributed by atoms with Crippen molar-refractivity contribution in [3.63, 3.8) is 0 Å². The first kappa shape index (κ1) is 9.74. The maximum Gasteiger partial charge on any atom is 0.120 e. The van der Waals surface area contributed by atoms with E-state index in [0.29, 0.717) is 12.1 Å². The standard InChI is InChI=1S/C11H17NO2/c1-9(11-3-2-6-14-11)12-10-4-7-13-8-5-10/h2-3,6,9-10,12H,4-5,7-8H2,1H3. The van der Waals surface area contributed by atoms with Gasteiger partial charge < -0.3 is 14.5 Å². The molecule has 1 aromatic rings. The van der Waals surface area contributed by atoms with Crippen LogP contribution in [-0.4, -0.2) is 19.3 Å². The smallest absolute Gasteiger partial charge is 0.120 e. The van der Waals surface area contributed by atoms with E-state index in [9.17, 15) is 0 Å². The van der Waals surface area contributed by atoms with Crippen LogP contribution in [0.5, 0.6) is 0 Å². The number of ether oxygens (including phenoxy) is 1. The Morgan fingerprint density at radius 1 is 1.43 bits per heavy atom. The van der Waals surface area contributed by atoms with Gasteiger partial charge in [-0.05, 0) is 31.9 Å². The minimum atomic E-state index is 0.299. The number of hydrogen-bond acceptors (Lipinski definition) is 3. The van der Waals surface area contributed by atoms with E-state index < -0.39 is 0 Å². The summed E-state index contributed by atoms with van der Waals surface area (Å²) in [6.07, 6.45) is 3.92. The van der Waals surface area contributed by atoms with Crippen LogP contribution in [0, 0.1) is 0 Å². The number of nitrogens with one attached hydrogen (secondary N) is 1. The Bertz CT molecular complexity index is 252. The molecule has 0 spiro atoms. The van der Waals surface area contributed by atoms with E-state index in [0.717, 1.165) is 31.8 Å². The van der Waals surface area contributed by atoms with E-state index in [1.165, 1.54) is 0 Å². The molecule has 0 saturated carbocycles. The van der Waals surface area contributed by atoms with Crippen LogP contribution in [-0.2, 0) is 4.74 Å². The van der Waals surface area contributed by atoms with Crippen molar-refractivity contribution in [2.45, 2.75) is 31.8 Å². The van der Waals surface area contributed by atoms with Crippen molar-refractivity contribution in [1.29, 1.82) is 0 Å². The highest BCUT2D eigenvalue weighted by Gasteiger charge is 2.17. The van der Waals surface area contributed by atoms with Gasteiger partial charge in [0.05, 0.1) is 12.3 Å². The van der Waals surface area contributed by atoms with Crippen molar-refractivity contribution in [1.82, 2.24) is 5.32 Å². The Labute approximate surface area is 84.4 Å². The maximum atomic E-state index is 5.34. The lowest BCUT2D eigenvalue weighted by Crippen LogP contribution is -2.36. The molecule has 1 aromatic heterocycles. The number of furan rings is 1. The first-order valence-electron chi connectivity index (χ1n) is 5.23. The van der Waals surface area contributed by atoms with Crippen LogP contribution in [0.3, 0.4) is 0 Å². The van der Waals surface area contributed by atoms with E-state index in [1.54, 1.807) is 6.26 Å². The molecule has 0 radical (unpaired) electrons. The van der Waals surface area contributed by atoms with Crippen LogP contribution < -0.4 is 5.32 Å². The molecule has 3 heteroatoms. The van der Waals surface area contributed by atoms with Gasteiger partial charge in [-0.25, -0.2) is 0 Å². The highest BCUT2D eigenvalue weighted by molar-refractivity contribution is 5.03. The molecule has 0 amide bonds. The molecule has 78 valence electrons. The first-order chi connectivity index (χ1) is 6.86. The SMILES string of the molecule is CC(NC1CCOCC1)c1ccco1. The minimum absolute atomic E-state index is 0.299. The van der Waals surface area contributed by atoms with Crippen LogP contribution >= 0.6 is 0 Å². The third-order valence-electron chi connectivity index (χ3n) is 2.68. The lowest BCUT2D eigenvalue weighted by Gasteiger charge is -2.25. The predicted molar refractivity (Wildman–Crippen MR) is 54.1 cm³/mol. The Morgan fingerprint density at radius 3 is 2.86 bits per heavy atom. The number of hydrogen-bond donors (Lipinski definition) is 1. The molecule has 1 unspecified atom stereocenters. The van der Waals surface area contributed by atoms with Crippen molar-refractivity contribution < 1.29 is 9.15 Å². The van der Waals surface area contributed by atoms with Gasteiger partial charge in [-0.1, -0.05) is 0 Å². The topological polar surface area (TPSA) is 34.4 Å². The molecular formula is C11H17NO2. The summed E-state index contributed by atoms with van der Waals surface area (Å²) in [5.74, 6) is 1.01. The lowest BCUT2D eigenvalue weighted by molar-refractivity contribution is 0.0746. The largest absolute Gasteiger partial charge is 0.468 e. The van der Waals surface area contributed by atoms with Crippen LogP contribution in [0.15, 0.2) is 22.8 Å². The summed E-state index contributed by atoms with van der Waals surface area (Å²) >= 11 is 0. The van der Waals surface area contributed by atoms with Gasteiger partial charge in [0.25, 0.3) is 0 Å². The van der Waals surface area contributed by atoms with Gasteiger partial charge in [0.1, 0.15) is 5.76 Å². The molecule has 2 rings (SSSR count). The molecule has 0 aromatic carbocycles. The Morgan fingerprint density at radius 2 is 2.21 bits per heavy atom. The van der Waals surface area contributed by atoms with Crippen molar-refractivity contribution in [3.8, 4) is 0 Å². The zero-order valence-corrected chi connectivity index (χ0v) is 8.53. The van der Waals surface area contributed by atoms with E-state index >= 15 is 0 Å². The normalized spacial score (nSPS) is 20.9. The summed E-state index contributed by atoms with van der Waals surface area (Å²) in [5, 5.41) is 3.55. The van der Waals surface area contributed by atoms with Gasteiger partial charge in [-0.2, -0.15) is 0 Å². The molecule has 1 aliphatic rings. The molecule has 1 aliphatic heterocycles. The van der Waals surface area contributed by atoms with E-state index in [1.807, 2.05) is 12.1 Å². The van der Waals surface area contributed by atoms with Crippen molar-refractivity contribution in [3.05, 3.63) is 24.2 Å². The molecule has 1 atom stereocenters. The van der Waals surface area contributed by atoms with E-state index in [2.05, 4.69) is 12.2 Å².